The third-order valence-corrected chi connectivity index (χ3v) is 5.07. The lowest BCUT2D eigenvalue weighted by molar-refractivity contribution is -0.128. The van der Waals surface area contributed by atoms with Crippen LogP contribution in [-0.2, 0) is 4.79 Å². The van der Waals surface area contributed by atoms with Gasteiger partial charge in [0.2, 0.25) is 5.91 Å². The molecule has 2 aromatic rings. The minimum absolute atomic E-state index is 0.0272. The topological polar surface area (TPSA) is 29.5 Å². The molecule has 0 saturated carbocycles. The predicted molar refractivity (Wildman–Crippen MR) is 90.3 cm³/mol. The number of rotatable bonds is 5. The number of carbonyl (C=O) groups excluding carboxylic acids is 1. The number of thioether (sulfide) groups is 1. The van der Waals surface area contributed by atoms with Crippen molar-refractivity contribution in [1.82, 2.24) is 4.90 Å². The minimum atomic E-state index is -0.0272. The molecule has 1 fully saturated rings. The van der Waals surface area contributed by atoms with Gasteiger partial charge in [0, 0.05) is 10.6 Å². The monoisotopic (exact) mass is 333 g/mol. The first-order valence-corrected chi connectivity index (χ1v) is 8.52. The summed E-state index contributed by atoms with van der Waals surface area (Å²) in [7, 11) is 0. The molecule has 0 radical (unpaired) electrons. The van der Waals surface area contributed by atoms with Gasteiger partial charge < -0.3 is 9.64 Å². The van der Waals surface area contributed by atoms with E-state index in [2.05, 4.69) is 0 Å². The first-order chi connectivity index (χ1) is 10.8. The number of amides is 1. The average Bonchev–Trinajstić information content (AvgIpc) is 2.90. The molecule has 0 bridgehead atoms. The lowest BCUT2D eigenvalue weighted by Gasteiger charge is -2.24. The Morgan fingerprint density at radius 3 is 2.64 bits per heavy atom. The van der Waals surface area contributed by atoms with Crippen LogP contribution in [-0.4, -0.2) is 29.7 Å². The summed E-state index contributed by atoms with van der Waals surface area (Å²) >= 11 is 7.87. The number of nitrogens with zero attached hydrogens (tertiary/aromatic N) is 1. The third kappa shape index (κ3) is 3.39. The molecular weight excluding hydrogens is 318 g/mol. The van der Waals surface area contributed by atoms with Crippen molar-refractivity contribution in [2.24, 2.45) is 0 Å². The van der Waals surface area contributed by atoms with Gasteiger partial charge in [0.1, 0.15) is 17.7 Å². The van der Waals surface area contributed by atoms with Crippen molar-refractivity contribution < 1.29 is 9.53 Å². The zero-order valence-corrected chi connectivity index (χ0v) is 13.5. The van der Waals surface area contributed by atoms with Crippen LogP contribution in [0.1, 0.15) is 10.9 Å². The van der Waals surface area contributed by atoms with E-state index >= 15 is 0 Å². The molecule has 0 aromatic heterocycles. The molecule has 22 heavy (non-hydrogen) atoms. The summed E-state index contributed by atoms with van der Waals surface area (Å²) in [6, 6.07) is 17.3. The molecule has 0 spiro atoms. The van der Waals surface area contributed by atoms with Crippen molar-refractivity contribution in [3.05, 3.63) is 65.2 Å². The molecule has 1 saturated heterocycles. The number of hydrogen-bond donors (Lipinski definition) is 0. The second-order valence-corrected chi connectivity index (χ2v) is 6.41. The summed E-state index contributed by atoms with van der Waals surface area (Å²) in [5, 5.41) is 0.671. The van der Waals surface area contributed by atoms with E-state index in [1.54, 1.807) is 11.8 Å². The Labute approximate surface area is 139 Å². The smallest absolute Gasteiger partial charge is 0.233 e. The van der Waals surface area contributed by atoms with Crippen molar-refractivity contribution in [3.63, 3.8) is 0 Å². The van der Waals surface area contributed by atoms with Gasteiger partial charge in [-0.15, -0.1) is 11.8 Å². The molecule has 1 amide bonds. The molecule has 0 aliphatic carbocycles. The molecule has 114 valence electrons. The summed E-state index contributed by atoms with van der Waals surface area (Å²) in [5.74, 6) is 1.43. The highest BCUT2D eigenvalue weighted by Crippen LogP contribution is 2.41. The molecule has 3 nitrogen and oxygen atoms in total. The van der Waals surface area contributed by atoms with Gasteiger partial charge in [-0.2, -0.15) is 0 Å². The molecule has 1 aliphatic rings. The predicted octanol–water partition coefficient (Wildman–Crippen LogP) is 3.99. The van der Waals surface area contributed by atoms with Crippen molar-refractivity contribution in [1.29, 1.82) is 0 Å². The Morgan fingerprint density at radius 2 is 1.86 bits per heavy atom. The normalized spacial score (nSPS) is 17.8. The van der Waals surface area contributed by atoms with Crippen LogP contribution in [0.25, 0.3) is 0 Å². The van der Waals surface area contributed by atoms with E-state index in [9.17, 15) is 4.79 Å². The SMILES string of the molecule is O=C1CSC(c2ccccc2Cl)N1CCOc1ccccc1. The fourth-order valence-corrected chi connectivity index (χ4v) is 3.97. The van der Waals surface area contributed by atoms with Crippen molar-refractivity contribution in [2.75, 3.05) is 18.9 Å². The Hall–Kier alpha value is -1.65. The van der Waals surface area contributed by atoms with Crippen molar-refractivity contribution >= 4 is 29.3 Å². The quantitative estimate of drug-likeness (QED) is 0.828. The molecule has 0 N–H and O–H groups in total. The van der Waals surface area contributed by atoms with Gasteiger partial charge in [0.25, 0.3) is 0 Å². The van der Waals surface area contributed by atoms with E-state index in [-0.39, 0.29) is 11.3 Å². The fourth-order valence-electron chi connectivity index (χ4n) is 2.41. The molecule has 1 unspecified atom stereocenters. The number of benzene rings is 2. The van der Waals surface area contributed by atoms with E-state index in [0.29, 0.717) is 23.9 Å². The Kier molecular flexibility index (Phi) is 4.90. The van der Waals surface area contributed by atoms with Gasteiger partial charge in [-0.05, 0) is 18.2 Å². The standard InChI is InChI=1S/C17H16ClNO2S/c18-15-9-5-4-8-14(15)17-19(16(20)12-22-17)10-11-21-13-6-2-1-3-7-13/h1-9,17H,10-12H2. The maximum atomic E-state index is 12.1. The lowest BCUT2D eigenvalue weighted by Crippen LogP contribution is -2.32. The fraction of sp³-hybridized carbons (Fsp3) is 0.235. The average molecular weight is 334 g/mol. The Morgan fingerprint density at radius 1 is 1.14 bits per heavy atom. The largest absolute Gasteiger partial charge is 0.492 e. The number of hydrogen-bond acceptors (Lipinski definition) is 3. The summed E-state index contributed by atoms with van der Waals surface area (Å²) in [4.78, 5) is 14.0. The number of carbonyl (C=O) groups is 1. The van der Waals surface area contributed by atoms with E-state index in [1.165, 1.54) is 0 Å². The van der Waals surface area contributed by atoms with Gasteiger partial charge in [-0.1, -0.05) is 48.0 Å². The summed E-state index contributed by atoms with van der Waals surface area (Å²) in [6.45, 7) is 1.02. The summed E-state index contributed by atoms with van der Waals surface area (Å²) in [5.41, 5.74) is 0.986. The van der Waals surface area contributed by atoms with Gasteiger partial charge in [0.15, 0.2) is 0 Å². The zero-order chi connectivity index (χ0) is 15.4. The summed E-state index contributed by atoms with van der Waals surface area (Å²) in [6.07, 6.45) is 0. The van der Waals surface area contributed by atoms with Crippen molar-refractivity contribution in [3.8, 4) is 5.75 Å². The first kappa shape index (κ1) is 15.3. The molecule has 2 aromatic carbocycles. The number of para-hydroxylation sites is 1. The van der Waals surface area contributed by atoms with Crippen LogP contribution in [0, 0.1) is 0 Å². The van der Waals surface area contributed by atoms with Crippen LogP contribution in [0.3, 0.4) is 0 Å². The third-order valence-electron chi connectivity index (χ3n) is 3.48. The van der Waals surface area contributed by atoms with E-state index in [0.717, 1.165) is 11.3 Å². The molecular formula is C17H16ClNO2S. The Bertz CT molecular complexity index is 650. The van der Waals surface area contributed by atoms with E-state index < -0.39 is 0 Å². The van der Waals surface area contributed by atoms with Gasteiger partial charge in [-0.3, -0.25) is 4.79 Å². The highest BCUT2D eigenvalue weighted by Gasteiger charge is 2.33. The van der Waals surface area contributed by atoms with Crippen LogP contribution < -0.4 is 4.74 Å². The van der Waals surface area contributed by atoms with Gasteiger partial charge >= 0.3 is 0 Å². The second kappa shape index (κ2) is 7.07. The second-order valence-electron chi connectivity index (χ2n) is 4.93. The molecule has 1 atom stereocenters. The highest BCUT2D eigenvalue weighted by molar-refractivity contribution is 8.00. The molecule has 1 aliphatic heterocycles. The van der Waals surface area contributed by atoms with Gasteiger partial charge in [0.05, 0.1) is 12.3 Å². The van der Waals surface area contributed by atoms with Crippen LogP contribution in [0.5, 0.6) is 5.75 Å². The summed E-state index contributed by atoms with van der Waals surface area (Å²) < 4.78 is 5.69. The van der Waals surface area contributed by atoms with E-state index in [1.807, 2.05) is 59.5 Å². The zero-order valence-electron chi connectivity index (χ0n) is 11.9. The van der Waals surface area contributed by atoms with Crippen LogP contribution in [0.4, 0.5) is 0 Å². The van der Waals surface area contributed by atoms with Crippen LogP contribution in [0.2, 0.25) is 5.02 Å². The maximum absolute atomic E-state index is 12.1. The van der Waals surface area contributed by atoms with Gasteiger partial charge in [-0.25, -0.2) is 0 Å². The lowest BCUT2D eigenvalue weighted by atomic mass is 10.2. The van der Waals surface area contributed by atoms with Crippen LogP contribution >= 0.6 is 23.4 Å². The number of ether oxygens (including phenoxy) is 1. The maximum Gasteiger partial charge on any atom is 0.233 e. The Balaban J connectivity index is 1.66. The van der Waals surface area contributed by atoms with Crippen LogP contribution in [0.15, 0.2) is 54.6 Å². The number of halogens is 1. The highest BCUT2D eigenvalue weighted by atomic mass is 35.5. The first-order valence-electron chi connectivity index (χ1n) is 7.09. The molecule has 1 heterocycles. The molecule has 3 rings (SSSR count). The van der Waals surface area contributed by atoms with E-state index in [4.69, 9.17) is 16.3 Å². The minimum Gasteiger partial charge on any atom is -0.492 e. The molecule has 5 heteroatoms. The van der Waals surface area contributed by atoms with Crippen molar-refractivity contribution in [2.45, 2.75) is 5.37 Å².